The number of rotatable bonds is 14. The Kier molecular flexibility index (Phi) is 11.2. The zero-order chi connectivity index (χ0) is 23.5. The van der Waals surface area contributed by atoms with E-state index in [4.69, 9.17) is 48.0 Å². The van der Waals surface area contributed by atoms with Gasteiger partial charge in [-0.1, -0.05) is 35.3 Å². The topological polar surface area (TPSA) is 78.2 Å². The van der Waals surface area contributed by atoms with Crippen LogP contribution < -0.4 is 16.1 Å². The maximum Gasteiger partial charge on any atom is 0.147 e. The second-order valence-electron chi connectivity index (χ2n) is 7.90. The molecule has 2 aromatic carbocycles. The summed E-state index contributed by atoms with van der Waals surface area (Å²) in [6, 6.07) is 12.0. The SMILES string of the molecule is CN1Cc2c(Cl)cc(Cl)cc2C(c2ccc(ONCCOCCOCCOCCN)cc2)C1. The van der Waals surface area contributed by atoms with Crippen LogP contribution in [0, 0.1) is 0 Å². The van der Waals surface area contributed by atoms with Gasteiger partial charge < -0.3 is 29.7 Å². The molecule has 1 heterocycles. The van der Waals surface area contributed by atoms with E-state index in [1.165, 1.54) is 11.1 Å². The molecule has 9 heteroatoms. The average Bonchev–Trinajstić information content (AvgIpc) is 2.80. The van der Waals surface area contributed by atoms with Crippen molar-refractivity contribution >= 4 is 23.2 Å². The largest absolute Gasteiger partial charge is 0.409 e. The number of fused-ring (bicyclic) bond motifs is 1. The van der Waals surface area contributed by atoms with Crippen molar-refractivity contribution in [2.24, 2.45) is 5.73 Å². The molecular weight excluding hydrogens is 465 g/mol. The predicted molar refractivity (Wildman–Crippen MR) is 131 cm³/mol. The number of nitrogens with one attached hydrogen (secondary N) is 1. The monoisotopic (exact) mass is 497 g/mol. The number of likely N-dealkylation sites (N-methyl/N-ethyl adjacent to an activating group) is 1. The first-order valence-electron chi connectivity index (χ1n) is 11.2. The Labute approximate surface area is 206 Å². The predicted octanol–water partition coefficient (Wildman–Crippen LogP) is 3.46. The lowest BCUT2D eigenvalue weighted by molar-refractivity contribution is 0.0129. The summed E-state index contributed by atoms with van der Waals surface area (Å²) in [4.78, 5) is 7.90. The summed E-state index contributed by atoms with van der Waals surface area (Å²) in [5.41, 5.74) is 11.8. The van der Waals surface area contributed by atoms with Gasteiger partial charge >= 0.3 is 0 Å². The number of ether oxygens (including phenoxy) is 3. The molecule has 1 atom stereocenters. The van der Waals surface area contributed by atoms with E-state index < -0.39 is 0 Å². The first-order valence-corrected chi connectivity index (χ1v) is 11.9. The van der Waals surface area contributed by atoms with E-state index in [-0.39, 0.29) is 5.92 Å². The average molecular weight is 498 g/mol. The molecule has 3 rings (SSSR count). The zero-order valence-corrected chi connectivity index (χ0v) is 20.5. The number of benzene rings is 2. The molecule has 1 unspecified atom stereocenters. The van der Waals surface area contributed by atoms with Crippen molar-refractivity contribution < 1.29 is 19.0 Å². The number of hydrogen-bond acceptors (Lipinski definition) is 7. The van der Waals surface area contributed by atoms with E-state index in [1.54, 1.807) is 0 Å². The molecule has 0 fully saturated rings. The Hall–Kier alpha value is -1.42. The highest BCUT2D eigenvalue weighted by molar-refractivity contribution is 6.35. The van der Waals surface area contributed by atoms with Crippen molar-refractivity contribution in [3.05, 3.63) is 63.1 Å². The summed E-state index contributed by atoms with van der Waals surface area (Å²) in [5.74, 6) is 0.952. The molecular formula is C24H33Cl2N3O4. The van der Waals surface area contributed by atoms with Crippen LogP contribution in [0.2, 0.25) is 10.0 Å². The van der Waals surface area contributed by atoms with Gasteiger partial charge in [0.2, 0.25) is 0 Å². The van der Waals surface area contributed by atoms with Gasteiger partial charge in [-0.25, -0.2) is 0 Å². The standard InChI is InChI=1S/C24H33Cl2N3O4/c1-29-16-22(21-14-19(25)15-24(26)23(21)17-29)18-2-4-20(5-3-18)33-28-7-9-31-11-13-32-12-10-30-8-6-27/h2-5,14-15,22,28H,6-13,16-17,27H2,1H3. The van der Waals surface area contributed by atoms with Crippen molar-refractivity contribution in [1.29, 1.82) is 0 Å². The highest BCUT2D eigenvalue weighted by Crippen LogP contribution is 2.38. The van der Waals surface area contributed by atoms with Crippen LogP contribution in [0.1, 0.15) is 22.6 Å². The van der Waals surface area contributed by atoms with E-state index in [9.17, 15) is 0 Å². The van der Waals surface area contributed by atoms with Crippen molar-refractivity contribution in [3.63, 3.8) is 0 Å². The number of halogens is 2. The van der Waals surface area contributed by atoms with Gasteiger partial charge in [0.05, 0.1) is 46.2 Å². The third-order valence-electron chi connectivity index (χ3n) is 5.32. The van der Waals surface area contributed by atoms with Crippen molar-refractivity contribution in [2.45, 2.75) is 12.5 Å². The Morgan fingerprint density at radius 1 is 0.970 bits per heavy atom. The van der Waals surface area contributed by atoms with Crippen LogP contribution in [0.4, 0.5) is 0 Å². The fraction of sp³-hybridized carbons (Fsp3) is 0.500. The number of nitrogens with zero attached hydrogens (tertiary/aromatic N) is 1. The lowest BCUT2D eigenvalue weighted by Gasteiger charge is -2.33. The molecule has 0 saturated carbocycles. The van der Waals surface area contributed by atoms with Gasteiger partial charge in [-0.15, -0.1) is 0 Å². The summed E-state index contributed by atoms with van der Waals surface area (Å²) in [7, 11) is 2.11. The molecule has 0 saturated heterocycles. The third kappa shape index (κ3) is 8.38. The molecule has 3 N–H and O–H groups in total. The Balaban J connectivity index is 1.38. The van der Waals surface area contributed by atoms with E-state index in [0.29, 0.717) is 57.8 Å². The molecule has 0 bridgehead atoms. The van der Waals surface area contributed by atoms with E-state index in [0.717, 1.165) is 29.4 Å². The minimum Gasteiger partial charge on any atom is -0.409 e. The molecule has 2 aromatic rings. The second-order valence-corrected chi connectivity index (χ2v) is 8.74. The number of hydroxylamine groups is 1. The van der Waals surface area contributed by atoms with Gasteiger partial charge in [0.15, 0.2) is 0 Å². The lowest BCUT2D eigenvalue weighted by atomic mass is 9.85. The fourth-order valence-corrected chi connectivity index (χ4v) is 4.34. The Bertz CT molecular complexity index is 854. The fourth-order valence-electron chi connectivity index (χ4n) is 3.77. The summed E-state index contributed by atoms with van der Waals surface area (Å²) in [5, 5.41) is 1.39. The summed E-state index contributed by atoms with van der Waals surface area (Å²) < 4.78 is 16.1. The summed E-state index contributed by atoms with van der Waals surface area (Å²) in [6.45, 7) is 6.07. The molecule has 33 heavy (non-hydrogen) atoms. The highest BCUT2D eigenvalue weighted by Gasteiger charge is 2.27. The van der Waals surface area contributed by atoms with Crippen LogP contribution in [0.5, 0.6) is 5.75 Å². The minimum absolute atomic E-state index is 0.208. The van der Waals surface area contributed by atoms with Crippen molar-refractivity contribution in [2.75, 3.05) is 66.3 Å². The molecule has 1 aliphatic heterocycles. The lowest BCUT2D eigenvalue weighted by Crippen LogP contribution is -2.31. The second kappa shape index (κ2) is 14.1. The molecule has 182 valence electrons. The molecule has 0 aliphatic carbocycles. The van der Waals surface area contributed by atoms with E-state index in [1.807, 2.05) is 24.3 Å². The van der Waals surface area contributed by atoms with Gasteiger partial charge in [-0.05, 0) is 48.0 Å². The molecule has 0 radical (unpaired) electrons. The number of nitrogens with two attached hydrogens (primary N) is 1. The van der Waals surface area contributed by atoms with Crippen LogP contribution in [0.25, 0.3) is 0 Å². The minimum atomic E-state index is 0.208. The maximum atomic E-state index is 6.47. The van der Waals surface area contributed by atoms with Crippen LogP contribution in [0.15, 0.2) is 36.4 Å². The Morgan fingerprint density at radius 2 is 1.64 bits per heavy atom. The highest BCUT2D eigenvalue weighted by atomic mass is 35.5. The molecule has 7 nitrogen and oxygen atoms in total. The molecule has 0 spiro atoms. The van der Waals surface area contributed by atoms with Crippen LogP contribution >= 0.6 is 23.2 Å². The first kappa shape index (κ1) is 26.2. The quantitative estimate of drug-likeness (QED) is 0.305. The summed E-state index contributed by atoms with van der Waals surface area (Å²) >= 11 is 12.8. The van der Waals surface area contributed by atoms with Crippen LogP contribution in [-0.2, 0) is 20.8 Å². The summed E-state index contributed by atoms with van der Waals surface area (Å²) in [6.07, 6.45) is 0. The molecule has 0 amide bonds. The van der Waals surface area contributed by atoms with Gasteiger partial charge in [0.25, 0.3) is 0 Å². The maximum absolute atomic E-state index is 6.47. The van der Waals surface area contributed by atoms with Crippen molar-refractivity contribution in [3.8, 4) is 5.75 Å². The van der Waals surface area contributed by atoms with Crippen LogP contribution in [0.3, 0.4) is 0 Å². The molecule has 0 aromatic heterocycles. The molecule has 1 aliphatic rings. The van der Waals surface area contributed by atoms with Crippen molar-refractivity contribution in [1.82, 2.24) is 10.4 Å². The van der Waals surface area contributed by atoms with Gasteiger partial charge in [0.1, 0.15) is 5.75 Å². The van der Waals surface area contributed by atoms with Gasteiger partial charge in [0, 0.05) is 35.6 Å². The van der Waals surface area contributed by atoms with Gasteiger partial charge in [-0.2, -0.15) is 5.48 Å². The normalized spacial score (nSPS) is 16.1. The van der Waals surface area contributed by atoms with E-state index >= 15 is 0 Å². The third-order valence-corrected chi connectivity index (χ3v) is 5.88. The van der Waals surface area contributed by atoms with E-state index in [2.05, 4.69) is 29.6 Å². The number of hydrogen-bond donors (Lipinski definition) is 2. The van der Waals surface area contributed by atoms with Gasteiger partial charge in [-0.3, -0.25) is 0 Å². The Morgan fingerprint density at radius 3 is 2.33 bits per heavy atom. The van der Waals surface area contributed by atoms with Crippen LogP contribution in [-0.4, -0.2) is 71.2 Å². The first-order chi connectivity index (χ1) is 16.1. The zero-order valence-electron chi connectivity index (χ0n) is 19.0. The smallest absolute Gasteiger partial charge is 0.147 e.